The zero-order chi connectivity index (χ0) is 16.8. The normalized spacial score (nSPS) is 27.0. The van der Waals surface area contributed by atoms with Gasteiger partial charge >= 0.3 is 0 Å². The lowest BCUT2D eigenvalue weighted by Gasteiger charge is -2.28. The number of nitrogens with zero attached hydrogens (tertiary/aromatic N) is 3. The molecule has 1 aliphatic heterocycles. The average Bonchev–Trinajstić information content (AvgIpc) is 3.00. The standard InChI is InChI=1S/C21H25N3O/c25-21(20-16-7-4-8-17(16)20)23-12-10-19-18(13-23)22-14-24(19)11-9-15-5-2-1-3-6-15/h1-3,5-6,14,16-17,20H,4,7-13H2/t16-,17+,20?. The molecular formula is C21H25N3O. The van der Waals surface area contributed by atoms with Gasteiger partial charge in [0.15, 0.2) is 0 Å². The van der Waals surface area contributed by atoms with E-state index in [2.05, 4.69) is 44.8 Å². The van der Waals surface area contributed by atoms with Crippen molar-refractivity contribution in [3.8, 4) is 0 Å². The van der Waals surface area contributed by atoms with Crippen LogP contribution in [0.15, 0.2) is 36.7 Å². The summed E-state index contributed by atoms with van der Waals surface area (Å²) in [6.45, 7) is 2.54. The first kappa shape index (κ1) is 15.2. The van der Waals surface area contributed by atoms with Crippen molar-refractivity contribution in [3.05, 3.63) is 53.6 Å². The molecule has 4 nitrogen and oxygen atoms in total. The molecule has 1 amide bonds. The molecule has 2 fully saturated rings. The van der Waals surface area contributed by atoms with E-state index in [0.717, 1.165) is 31.6 Å². The zero-order valence-electron chi connectivity index (χ0n) is 14.6. The number of hydrogen-bond donors (Lipinski definition) is 0. The lowest BCUT2D eigenvalue weighted by molar-refractivity contribution is -0.134. The van der Waals surface area contributed by atoms with Crippen LogP contribution in [-0.4, -0.2) is 26.9 Å². The topological polar surface area (TPSA) is 38.1 Å². The molecule has 0 N–H and O–H groups in total. The Morgan fingerprint density at radius 2 is 1.96 bits per heavy atom. The minimum atomic E-state index is 0.343. The molecule has 1 aromatic carbocycles. The van der Waals surface area contributed by atoms with Crippen LogP contribution in [0.5, 0.6) is 0 Å². The van der Waals surface area contributed by atoms with Gasteiger partial charge in [-0.05, 0) is 36.7 Å². The summed E-state index contributed by atoms with van der Waals surface area (Å²) in [5.74, 6) is 2.16. The van der Waals surface area contributed by atoms with Gasteiger partial charge < -0.3 is 9.47 Å². The van der Waals surface area contributed by atoms with Crippen LogP contribution in [-0.2, 0) is 30.7 Å². The monoisotopic (exact) mass is 335 g/mol. The van der Waals surface area contributed by atoms with Crippen LogP contribution < -0.4 is 0 Å². The fourth-order valence-electron chi connectivity index (χ4n) is 5.04. The highest BCUT2D eigenvalue weighted by atomic mass is 16.2. The van der Waals surface area contributed by atoms with E-state index in [1.165, 1.54) is 30.5 Å². The summed E-state index contributed by atoms with van der Waals surface area (Å²) in [5.41, 5.74) is 3.80. The number of hydrogen-bond acceptors (Lipinski definition) is 2. The Morgan fingerprint density at radius 1 is 1.16 bits per heavy atom. The van der Waals surface area contributed by atoms with Crippen molar-refractivity contribution in [1.82, 2.24) is 14.5 Å². The van der Waals surface area contributed by atoms with Crippen molar-refractivity contribution < 1.29 is 4.79 Å². The third kappa shape index (κ3) is 2.68. The average molecular weight is 335 g/mol. The van der Waals surface area contributed by atoms with Crippen molar-refractivity contribution >= 4 is 5.91 Å². The Balaban J connectivity index is 1.24. The maximum Gasteiger partial charge on any atom is 0.226 e. The number of imidazole rings is 1. The molecule has 3 atom stereocenters. The molecule has 1 unspecified atom stereocenters. The molecule has 0 spiro atoms. The molecule has 4 heteroatoms. The minimum absolute atomic E-state index is 0.343. The van der Waals surface area contributed by atoms with E-state index in [9.17, 15) is 4.79 Å². The van der Waals surface area contributed by atoms with E-state index in [1.54, 1.807) is 0 Å². The number of carbonyl (C=O) groups excluding carboxylic acids is 1. The Hall–Kier alpha value is -2.10. The van der Waals surface area contributed by atoms with Gasteiger partial charge in [0.1, 0.15) is 0 Å². The van der Waals surface area contributed by atoms with Gasteiger partial charge in [0, 0.05) is 31.1 Å². The first-order chi connectivity index (χ1) is 12.3. The molecule has 0 radical (unpaired) electrons. The zero-order valence-corrected chi connectivity index (χ0v) is 14.6. The van der Waals surface area contributed by atoms with Crippen molar-refractivity contribution in [3.63, 3.8) is 0 Å². The highest BCUT2D eigenvalue weighted by Gasteiger charge is 2.57. The third-order valence-corrected chi connectivity index (χ3v) is 6.48. The summed E-state index contributed by atoms with van der Waals surface area (Å²) in [5, 5.41) is 0. The van der Waals surface area contributed by atoms with Crippen LogP contribution >= 0.6 is 0 Å². The Kier molecular flexibility index (Phi) is 3.65. The van der Waals surface area contributed by atoms with E-state index in [-0.39, 0.29) is 0 Å². The second kappa shape index (κ2) is 6.01. The fraction of sp³-hybridized carbons (Fsp3) is 0.524. The van der Waals surface area contributed by atoms with Gasteiger partial charge in [-0.1, -0.05) is 36.8 Å². The van der Waals surface area contributed by atoms with Gasteiger partial charge in [-0.3, -0.25) is 4.79 Å². The van der Waals surface area contributed by atoms with Crippen LogP contribution in [0.1, 0.15) is 36.2 Å². The highest BCUT2D eigenvalue weighted by Crippen LogP contribution is 2.58. The summed E-state index contributed by atoms with van der Waals surface area (Å²) < 4.78 is 2.29. The predicted octanol–water partition coefficient (Wildman–Crippen LogP) is 3.06. The second-order valence-corrected chi connectivity index (χ2v) is 7.86. The Labute approximate surface area is 148 Å². The molecule has 2 heterocycles. The number of aromatic nitrogens is 2. The molecule has 25 heavy (non-hydrogen) atoms. The van der Waals surface area contributed by atoms with E-state index in [1.807, 2.05) is 6.33 Å². The molecule has 2 aliphatic carbocycles. The highest BCUT2D eigenvalue weighted by molar-refractivity contribution is 5.82. The SMILES string of the molecule is O=C(C1[C@H]2CCC[C@@H]12)N1CCc2c(ncn2CCc2ccccc2)C1. The smallest absolute Gasteiger partial charge is 0.226 e. The summed E-state index contributed by atoms with van der Waals surface area (Å²) >= 11 is 0. The number of fused-ring (bicyclic) bond motifs is 2. The van der Waals surface area contributed by atoms with E-state index in [4.69, 9.17) is 0 Å². The molecule has 130 valence electrons. The van der Waals surface area contributed by atoms with Gasteiger partial charge in [0.2, 0.25) is 5.91 Å². The summed E-state index contributed by atoms with van der Waals surface area (Å²) in [6.07, 6.45) is 7.81. The van der Waals surface area contributed by atoms with Crippen molar-refractivity contribution in [2.45, 2.75) is 45.2 Å². The first-order valence-corrected chi connectivity index (χ1v) is 9.67. The molecule has 2 saturated carbocycles. The van der Waals surface area contributed by atoms with Crippen LogP contribution in [0.2, 0.25) is 0 Å². The van der Waals surface area contributed by atoms with Crippen molar-refractivity contribution in [2.24, 2.45) is 17.8 Å². The molecule has 0 bridgehead atoms. The van der Waals surface area contributed by atoms with Crippen molar-refractivity contribution in [1.29, 1.82) is 0 Å². The van der Waals surface area contributed by atoms with E-state index in [0.29, 0.717) is 30.2 Å². The Morgan fingerprint density at radius 3 is 2.76 bits per heavy atom. The maximum absolute atomic E-state index is 12.8. The maximum atomic E-state index is 12.8. The number of rotatable bonds is 4. The summed E-state index contributed by atoms with van der Waals surface area (Å²) in [7, 11) is 0. The molecule has 2 aromatic rings. The fourth-order valence-corrected chi connectivity index (χ4v) is 5.04. The summed E-state index contributed by atoms with van der Waals surface area (Å²) in [6, 6.07) is 10.6. The Bertz CT molecular complexity index is 772. The van der Waals surface area contributed by atoms with Crippen LogP contribution in [0.25, 0.3) is 0 Å². The second-order valence-electron chi connectivity index (χ2n) is 7.86. The first-order valence-electron chi connectivity index (χ1n) is 9.67. The number of carbonyl (C=O) groups is 1. The predicted molar refractivity (Wildman–Crippen MR) is 95.8 cm³/mol. The lowest BCUT2D eigenvalue weighted by Crippen LogP contribution is -2.38. The number of benzene rings is 1. The lowest BCUT2D eigenvalue weighted by atomic mass is 10.1. The third-order valence-electron chi connectivity index (χ3n) is 6.48. The summed E-state index contributed by atoms with van der Waals surface area (Å²) in [4.78, 5) is 19.5. The molecule has 3 aliphatic rings. The molecule has 0 saturated heterocycles. The molecule has 1 aromatic heterocycles. The van der Waals surface area contributed by atoms with E-state index >= 15 is 0 Å². The quantitative estimate of drug-likeness (QED) is 0.861. The van der Waals surface area contributed by atoms with Gasteiger partial charge in [-0.15, -0.1) is 0 Å². The molecule has 5 rings (SSSR count). The van der Waals surface area contributed by atoms with Gasteiger partial charge in [-0.2, -0.15) is 0 Å². The largest absolute Gasteiger partial charge is 0.336 e. The van der Waals surface area contributed by atoms with Gasteiger partial charge in [-0.25, -0.2) is 4.98 Å². The van der Waals surface area contributed by atoms with Crippen LogP contribution in [0, 0.1) is 17.8 Å². The number of amides is 1. The van der Waals surface area contributed by atoms with Crippen molar-refractivity contribution in [2.75, 3.05) is 6.54 Å². The van der Waals surface area contributed by atoms with Crippen LogP contribution in [0.3, 0.4) is 0 Å². The molecular weight excluding hydrogens is 310 g/mol. The minimum Gasteiger partial charge on any atom is -0.336 e. The number of aryl methyl sites for hydroxylation is 2. The van der Waals surface area contributed by atoms with Gasteiger partial charge in [0.25, 0.3) is 0 Å². The van der Waals surface area contributed by atoms with Crippen LogP contribution in [0.4, 0.5) is 0 Å². The van der Waals surface area contributed by atoms with E-state index < -0.39 is 0 Å². The van der Waals surface area contributed by atoms with Gasteiger partial charge in [0.05, 0.1) is 18.6 Å².